The molecule has 0 radical (unpaired) electrons. The Morgan fingerprint density at radius 2 is 2.00 bits per heavy atom. The number of likely N-dealkylation sites (N-methyl/N-ethyl adjacent to an activating group) is 1. The molecule has 1 unspecified atom stereocenters. The standard InChI is InChI=1S/C12H13NO6/c1-13(5-10(14)15)11(12(16)17)7-2-3-8-9(4-7)19-6-18-8/h2-4,11H,5-6H2,1H3,(H,14,15)(H,16,17). The molecule has 7 heteroatoms. The lowest BCUT2D eigenvalue weighted by Crippen LogP contribution is -2.34. The maximum absolute atomic E-state index is 11.3. The van der Waals surface area contributed by atoms with Crippen LogP contribution in [0.3, 0.4) is 0 Å². The van der Waals surface area contributed by atoms with Crippen LogP contribution in [0.25, 0.3) is 0 Å². The molecule has 0 saturated heterocycles. The third kappa shape index (κ3) is 2.76. The Morgan fingerprint density at radius 3 is 2.63 bits per heavy atom. The molecule has 0 bridgehead atoms. The zero-order valence-corrected chi connectivity index (χ0v) is 10.2. The number of hydrogen-bond donors (Lipinski definition) is 2. The van der Waals surface area contributed by atoms with Crippen LogP contribution in [-0.2, 0) is 9.59 Å². The highest BCUT2D eigenvalue weighted by atomic mass is 16.7. The lowest BCUT2D eigenvalue weighted by molar-refractivity contribution is -0.145. The first-order valence-electron chi connectivity index (χ1n) is 5.53. The van der Waals surface area contributed by atoms with Crippen molar-refractivity contribution in [2.24, 2.45) is 0 Å². The van der Waals surface area contributed by atoms with Crippen molar-refractivity contribution in [2.45, 2.75) is 6.04 Å². The van der Waals surface area contributed by atoms with E-state index in [4.69, 9.17) is 14.6 Å². The van der Waals surface area contributed by atoms with Crippen LogP contribution in [0.2, 0.25) is 0 Å². The largest absolute Gasteiger partial charge is 0.480 e. The quantitative estimate of drug-likeness (QED) is 0.804. The van der Waals surface area contributed by atoms with Crippen molar-refractivity contribution in [3.63, 3.8) is 0 Å². The second kappa shape index (κ2) is 5.15. The van der Waals surface area contributed by atoms with Crippen molar-refractivity contribution in [3.05, 3.63) is 23.8 Å². The van der Waals surface area contributed by atoms with E-state index in [1.165, 1.54) is 11.9 Å². The van der Waals surface area contributed by atoms with Crippen LogP contribution in [0.1, 0.15) is 11.6 Å². The van der Waals surface area contributed by atoms with Gasteiger partial charge in [0.25, 0.3) is 0 Å². The summed E-state index contributed by atoms with van der Waals surface area (Å²) in [6, 6.07) is 3.71. The van der Waals surface area contributed by atoms with Gasteiger partial charge < -0.3 is 19.7 Å². The average molecular weight is 267 g/mol. The van der Waals surface area contributed by atoms with E-state index in [2.05, 4.69) is 0 Å². The van der Waals surface area contributed by atoms with Gasteiger partial charge in [0.1, 0.15) is 6.04 Å². The number of aliphatic carboxylic acids is 2. The number of carboxylic acids is 2. The van der Waals surface area contributed by atoms with Crippen molar-refractivity contribution < 1.29 is 29.3 Å². The first kappa shape index (κ1) is 13.2. The van der Waals surface area contributed by atoms with Gasteiger partial charge >= 0.3 is 11.9 Å². The first-order valence-corrected chi connectivity index (χ1v) is 5.53. The maximum atomic E-state index is 11.3. The molecule has 0 aliphatic carbocycles. The third-order valence-electron chi connectivity index (χ3n) is 2.77. The zero-order chi connectivity index (χ0) is 14.0. The van der Waals surface area contributed by atoms with Gasteiger partial charge in [0.05, 0.1) is 6.54 Å². The molecule has 1 atom stereocenters. The number of nitrogens with zero attached hydrogens (tertiary/aromatic N) is 1. The molecule has 1 aliphatic heterocycles. The highest BCUT2D eigenvalue weighted by Gasteiger charge is 2.28. The van der Waals surface area contributed by atoms with Crippen LogP contribution in [0.15, 0.2) is 18.2 Å². The second-order valence-electron chi connectivity index (χ2n) is 4.16. The number of carbonyl (C=O) groups is 2. The van der Waals surface area contributed by atoms with E-state index in [1.807, 2.05) is 0 Å². The Kier molecular flexibility index (Phi) is 3.57. The summed E-state index contributed by atoms with van der Waals surface area (Å²) in [5, 5.41) is 18.0. The van der Waals surface area contributed by atoms with Gasteiger partial charge in [-0.3, -0.25) is 14.5 Å². The molecule has 0 saturated carbocycles. The smallest absolute Gasteiger partial charge is 0.325 e. The summed E-state index contributed by atoms with van der Waals surface area (Å²) < 4.78 is 10.3. The molecule has 0 aromatic heterocycles. The molecule has 0 spiro atoms. The summed E-state index contributed by atoms with van der Waals surface area (Å²) in [6.45, 7) is -0.271. The van der Waals surface area contributed by atoms with E-state index in [0.717, 1.165) is 0 Å². The average Bonchev–Trinajstić information content (AvgIpc) is 2.74. The number of rotatable bonds is 5. The van der Waals surface area contributed by atoms with E-state index >= 15 is 0 Å². The van der Waals surface area contributed by atoms with Gasteiger partial charge in [0.15, 0.2) is 11.5 Å². The molecule has 102 valence electrons. The molecule has 1 aromatic carbocycles. The summed E-state index contributed by atoms with van der Waals surface area (Å²) >= 11 is 0. The molecule has 2 N–H and O–H groups in total. The maximum Gasteiger partial charge on any atom is 0.325 e. The van der Waals surface area contributed by atoms with E-state index in [1.54, 1.807) is 18.2 Å². The van der Waals surface area contributed by atoms with Crippen LogP contribution >= 0.6 is 0 Å². The van der Waals surface area contributed by atoms with Crippen molar-refractivity contribution in [3.8, 4) is 11.5 Å². The molecular weight excluding hydrogens is 254 g/mol. The van der Waals surface area contributed by atoms with Crippen molar-refractivity contribution >= 4 is 11.9 Å². The molecule has 7 nitrogen and oxygen atoms in total. The highest BCUT2D eigenvalue weighted by molar-refractivity contribution is 5.77. The Hall–Kier alpha value is -2.28. The molecule has 1 aromatic rings. The number of benzene rings is 1. The number of hydrogen-bond acceptors (Lipinski definition) is 5. The van der Waals surface area contributed by atoms with Gasteiger partial charge in [0, 0.05) is 0 Å². The predicted octanol–water partition coefficient (Wildman–Crippen LogP) is 0.557. The topological polar surface area (TPSA) is 96.3 Å². The van der Waals surface area contributed by atoms with Crippen molar-refractivity contribution in [2.75, 3.05) is 20.4 Å². The minimum atomic E-state index is -1.12. The molecule has 0 amide bonds. The van der Waals surface area contributed by atoms with Crippen LogP contribution < -0.4 is 9.47 Å². The Labute approximate surface area is 109 Å². The molecule has 1 aliphatic rings. The fraction of sp³-hybridized carbons (Fsp3) is 0.333. The molecule has 2 rings (SSSR count). The Morgan fingerprint density at radius 1 is 1.32 bits per heavy atom. The molecule has 19 heavy (non-hydrogen) atoms. The van der Waals surface area contributed by atoms with Gasteiger partial charge in [0.2, 0.25) is 6.79 Å². The Balaban J connectivity index is 2.29. The molecule has 0 fully saturated rings. The predicted molar refractivity (Wildman–Crippen MR) is 63.2 cm³/mol. The molecular formula is C12H13NO6. The van der Waals surface area contributed by atoms with E-state index < -0.39 is 18.0 Å². The van der Waals surface area contributed by atoms with Gasteiger partial charge in [-0.15, -0.1) is 0 Å². The summed E-state index contributed by atoms with van der Waals surface area (Å²) in [6.07, 6.45) is 0. The summed E-state index contributed by atoms with van der Waals surface area (Å²) in [4.78, 5) is 23.2. The monoisotopic (exact) mass is 267 g/mol. The van der Waals surface area contributed by atoms with E-state index in [0.29, 0.717) is 17.1 Å². The van der Waals surface area contributed by atoms with Crippen LogP contribution in [0.4, 0.5) is 0 Å². The summed E-state index contributed by atoms with van der Waals surface area (Å²) in [5.74, 6) is -1.20. The second-order valence-corrected chi connectivity index (χ2v) is 4.16. The third-order valence-corrected chi connectivity index (χ3v) is 2.77. The number of carboxylic acid groups (broad SMARTS) is 2. The summed E-state index contributed by atoms with van der Waals surface area (Å²) in [5.41, 5.74) is 0.445. The number of ether oxygens (including phenoxy) is 2. The van der Waals surface area contributed by atoms with Crippen molar-refractivity contribution in [1.82, 2.24) is 4.90 Å². The van der Waals surface area contributed by atoms with E-state index in [-0.39, 0.29) is 13.3 Å². The fourth-order valence-corrected chi connectivity index (χ4v) is 1.97. The zero-order valence-electron chi connectivity index (χ0n) is 10.2. The van der Waals surface area contributed by atoms with Gasteiger partial charge in [-0.25, -0.2) is 0 Å². The molecule has 1 heterocycles. The van der Waals surface area contributed by atoms with Gasteiger partial charge in [-0.2, -0.15) is 0 Å². The minimum Gasteiger partial charge on any atom is -0.480 e. The Bertz CT molecular complexity index is 515. The fourth-order valence-electron chi connectivity index (χ4n) is 1.97. The SMILES string of the molecule is CN(CC(=O)O)C(C(=O)O)c1ccc2c(c1)OCO2. The van der Waals surface area contributed by atoms with Crippen LogP contribution in [0.5, 0.6) is 11.5 Å². The minimum absolute atomic E-state index is 0.0987. The number of fused-ring (bicyclic) bond motifs is 1. The van der Waals surface area contributed by atoms with Crippen molar-refractivity contribution in [1.29, 1.82) is 0 Å². The highest BCUT2D eigenvalue weighted by Crippen LogP contribution is 2.35. The first-order chi connectivity index (χ1) is 8.99. The van der Waals surface area contributed by atoms with Gasteiger partial charge in [-0.1, -0.05) is 6.07 Å². The van der Waals surface area contributed by atoms with E-state index in [9.17, 15) is 14.7 Å². The lowest BCUT2D eigenvalue weighted by atomic mass is 10.1. The lowest BCUT2D eigenvalue weighted by Gasteiger charge is -2.23. The van der Waals surface area contributed by atoms with Crippen LogP contribution in [-0.4, -0.2) is 47.4 Å². The summed E-state index contributed by atoms with van der Waals surface area (Å²) in [7, 11) is 1.44. The van der Waals surface area contributed by atoms with Gasteiger partial charge in [-0.05, 0) is 24.7 Å². The van der Waals surface area contributed by atoms with Crippen LogP contribution in [0, 0.1) is 0 Å². The normalized spacial score (nSPS) is 14.4.